The van der Waals surface area contributed by atoms with Crippen LogP contribution in [-0.2, 0) is 30.3 Å². The van der Waals surface area contributed by atoms with Gasteiger partial charge in [0.05, 0.1) is 0 Å². The second kappa shape index (κ2) is 14.9. The molecule has 10 heteroatoms. The summed E-state index contributed by atoms with van der Waals surface area (Å²) in [5.41, 5.74) is -0.448. The molecule has 3 amide bonds. The van der Waals surface area contributed by atoms with E-state index in [9.17, 15) is 24.3 Å². The van der Waals surface area contributed by atoms with Crippen LogP contribution in [0.2, 0.25) is 0 Å². The number of carbonyl (C=O) groups excluding carboxylic acids is 4. The Morgan fingerprint density at radius 3 is 1.98 bits per heavy atom. The molecule has 0 aliphatic carbocycles. The quantitative estimate of drug-likeness (QED) is 0.314. The van der Waals surface area contributed by atoms with Crippen molar-refractivity contribution in [1.29, 1.82) is 0 Å². The maximum atomic E-state index is 14.1. The molecule has 2 aromatic carbocycles. The summed E-state index contributed by atoms with van der Waals surface area (Å²) in [7, 11) is 0. The van der Waals surface area contributed by atoms with Crippen LogP contribution in [0.5, 0.6) is 5.75 Å². The number of likely N-dealkylation sites (N-methyl/N-ethyl adjacent to an activating group) is 1. The van der Waals surface area contributed by atoms with Crippen molar-refractivity contribution in [3.63, 3.8) is 0 Å². The molecule has 3 unspecified atom stereocenters. The van der Waals surface area contributed by atoms with Gasteiger partial charge in [0.25, 0.3) is 0 Å². The molecule has 0 bridgehead atoms. The molecule has 3 atom stereocenters. The average molecular weight is 598 g/mol. The number of alkyl carbamates (subject to hydrolysis) is 1. The second-order valence-electron chi connectivity index (χ2n) is 12.8. The fourth-order valence-corrected chi connectivity index (χ4v) is 4.43. The van der Waals surface area contributed by atoms with Gasteiger partial charge in [-0.25, -0.2) is 9.59 Å². The molecule has 0 heterocycles. The molecule has 0 radical (unpaired) electrons. The molecular weight excluding hydrogens is 550 g/mol. The van der Waals surface area contributed by atoms with Crippen molar-refractivity contribution in [3.8, 4) is 5.75 Å². The number of hydrogen-bond donors (Lipinski definition) is 3. The van der Waals surface area contributed by atoms with Crippen LogP contribution in [0.15, 0.2) is 54.6 Å². The van der Waals surface area contributed by atoms with Gasteiger partial charge < -0.3 is 30.1 Å². The van der Waals surface area contributed by atoms with Crippen molar-refractivity contribution in [2.45, 2.75) is 98.1 Å². The van der Waals surface area contributed by atoms with E-state index in [0.29, 0.717) is 5.56 Å². The molecule has 43 heavy (non-hydrogen) atoms. The minimum absolute atomic E-state index is 0.0849. The summed E-state index contributed by atoms with van der Waals surface area (Å²) in [6.07, 6.45) is -0.606. The van der Waals surface area contributed by atoms with Gasteiger partial charge in [-0.1, -0.05) is 56.3 Å². The molecule has 236 valence electrons. The zero-order chi connectivity index (χ0) is 32.5. The summed E-state index contributed by atoms with van der Waals surface area (Å²) in [5, 5.41) is 15.7. The summed E-state index contributed by atoms with van der Waals surface area (Å²) >= 11 is 0. The van der Waals surface area contributed by atoms with E-state index in [1.807, 2.05) is 30.3 Å². The minimum Gasteiger partial charge on any atom is -0.508 e. The molecule has 0 fully saturated rings. The fourth-order valence-electron chi connectivity index (χ4n) is 4.43. The number of nitrogens with one attached hydrogen (secondary N) is 2. The van der Waals surface area contributed by atoms with Gasteiger partial charge in [0.2, 0.25) is 11.8 Å². The maximum absolute atomic E-state index is 14.1. The summed E-state index contributed by atoms with van der Waals surface area (Å²) in [5.74, 6) is -2.25. The third kappa shape index (κ3) is 11.3. The van der Waals surface area contributed by atoms with Crippen molar-refractivity contribution in [2.75, 3.05) is 6.54 Å². The van der Waals surface area contributed by atoms with E-state index >= 15 is 0 Å². The lowest BCUT2D eigenvalue weighted by Gasteiger charge is -2.35. The van der Waals surface area contributed by atoms with Crippen molar-refractivity contribution in [1.82, 2.24) is 15.5 Å². The Labute approximate surface area is 255 Å². The van der Waals surface area contributed by atoms with Gasteiger partial charge in [-0.05, 0) is 77.6 Å². The van der Waals surface area contributed by atoms with Crippen LogP contribution in [-0.4, -0.2) is 63.7 Å². The zero-order valence-electron chi connectivity index (χ0n) is 26.8. The lowest BCUT2D eigenvalue weighted by molar-refractivity contribution is -0.159. The van der Waals surface area contributed by atoms with Gasteiger partial charge in [0, 0.05) is 13.0 Å². The highest BCUT2D eigenvalue weighted by Gasteiger charge is 2.38. The number of aromatic hydroxyl groups is 1. The standard InChI is InChI=1S/C33H47N3O7/c1-10-36(29(39)26(21(2)3)35-31(41)43-33(7,8)9)27(23-17-14-18-24(37)20-23)28(38)34-25(30(40)42-32(4,5)6)19-22-15-12-11-13-16-22/h11-18,20-21,25-27,37H,10,19H2,1-9H3,(H,34,38)(H,35,41). The largest absolute Gasteiger partial charge is 0.508 e. The third-order valence-electron chi connectivity index (χ3n) is 6.27. The zero-order valence-corrected chi connectivity index (χ0v) is 26.8. The Balaban J connectivity index is 2.52. The van der Waals surface area contributed by atoms with Crippen LogP contribution in [0.1, 0.15) is 79.5 Å². The van der Waals surface area contributed by atoms with Crippen molar-refractivity contribution in [2.24, 2.45) is 5.92 Å². The van der Waals surface area contributed by atoms with Gasteiger partial charge in [-0.15, -0.1) is 0 Å². The van der Waals surface area contributed by atoms with E-state index in [2.05, 4.69) is 10.6 Å². The van der Waals surface area contributed by atoms with Gasteiger partial charge in [-0.2, -0.15) is 0 Å². The Hall–Kier alpha value is -4.08. The summed E-state index contributed by atoms with van der Waals surface area (Å²) in [6.45, 7) is 15.7. The SMILES string of the molecule is CCN(C(=O)C(NC(=O)OC(C)(C)C)C(C)C)C(C(=O)NC(Cc1ccccc1)C(=O)OC(C)(C)C)c1cccc(O)c1. The number of amides is 3. The van der Waals surface area contributed by atoms with Crippen LogP contribution in [0.25, 0.3) is 0 Å². The number of esters is 1. The van der Waals surface area contributed by atoms with Crippen LogP contribution >= 0.6 is 0 Å². The molecule has 2 rings (SSSR count). The molecule has 0 aromatic heterocycles. The minimum atomic E-state index is -1.24. The number of phenolic OH excluding ortho intramolecular Hbond substituents is 1. The van der Waals surface area contributed by atoms with E-state index in [1.54, 1.807) is 74.4 Å². The smallest absolute Gasteiger partial charge is 0.408 e. The van der Waals surface area contributed by atoms with Crippen molar-refractivity contribution < 1.29 is 33.8 Å². The Morgan fingerprint density at radius 1 is 0.860 bits per heavy atom. The molecule has 0 saturated carbocycles. The normalized spacial score (nSPS) is 13.8. The van der Waals surface area contributed by atoms with Crippen LogP contribution in [0.4, 0.5) is 4.79 Å². The molecule has 0 aliphatic heterocycles. The first-order valence-corrected chi connectivity index (χ1v) is 14.6. The van der Waals surface area contributed by atoms with Crippen LogP contribution in [0, 0.1) is 5.92 Å². The van der Waals surface area contributed by atoms with Gasteiger partial charge in [-0.3, -0.25) is 9.59 Å². The first-order chi connectivity index (χ1) is 19.9. The lowest BCUT2D eigenvalue weighted by Crippen LogP contribution is -2.56. The van der Waals surface area contributed by atoms with Crippen LogP contribution in [0.3, 0.4) is 0 Å². The van der Waals surface area contributed by atoms with Gasteiger partial charge in [0.1, 0.15) is 35.1 Å². The molecule has 0 aliphatic rings. The first kappa shape index (κ1) is 35.1. The first-order valence-electron chi connectivity index (χ1n) is 14.6. The predicted octanol–water partition coefficient (Wildman–Crippen LogP) is 4.90. The molecular formula is C33H47N3O7. The summed E-state index contributed by atoms with van der Waals surface area (Å²) in [6, 6.07) is 11.9. The Morgan fingerprint density at radius 2 is 1.47 bits per heavy atom. The summed E-state index contributed by atoms with van der Waals surface area (Å²) in [4.78, 5) is 55.4. The van der Waals surface area contributed by atoms with Gasteiger partial charge in [0.15, 0.2) is 0 Å². The van der Waals surface area contributed by atoms with E-state index in [1.165, 1.54) is 17.0 Å². The number of rotatable bonds is 11. The number of phenols is 1. The Kier molecular flexibility index (Phi) is 12.2. The highest BCUT2D eigenvalue weighted by atomic mass is 16.6. The van der Waals surface area contributed by atoms with E-state index in [-0.39, 0.29) is 24.6 Å². The molecule has 0 spiro atoms. The van der Waals surface area contributed by atoms with Crippen molar-refractivity contribution >= 4 is 23.9 Å². The van der Waals surface area contributed by atoms with E-state index in [0.717, 1.165) is 5.56 Å². The number of nitrogens with zero attached hydrogens (tertiary/aromatic N) is 1. The number of ether oxygens (including phenoxy) is 2. The lowest BCUT2D eigenvalue weighted by atomic mass is 9.98. The predicted molar refractivity (Wildman–Crippen MR) is 164 cm³/mol. The molecule has 10 nitrogen and oxygen atoms in total. The topological polar surface area (TPSA) is 134 Å². The maximum Gasteiger partial charge on any atom is 0.408 e. The van der Waals surface area contributed by atoms with E-state index < -0.39 is 53.2 Å². The number of carbonyl (C=O) groups is 4. The second-order valence-corrected chi connectivity index (χ2v) is 12.8. The molecule has 3 N–H and O–H groups in total. The molecule has 2 aromatic rings. The monoisotopic (exact) mass is 597 g/mol. The Bertz CT molecular complexity index is 1250. The average Bonchev–Trinajstić information content (AvgIpc) is 2.88. The van der Waals surface area contributed by atoms with E-state index in [4.69, 9.17) is 9.47 Å². The summed E-state index contributed by atoms with van der Waals surface area (Å²) < 4.78 is 11.0. The van der Waals surface area contributed by atoms with Crippen LogP contribution < -0.4 is 10.6 Å². The highest BCUT2D eigenvalue weighted by molar-refractivity contribution is 5.94. The van der Waals surface area contributed by atoms with Gasteiger partial charge >= 0.3 is 12.1 Å². The fraction of sp³-hybridized carbons (Fsp3) is 0.515. The number of hydrogen-bond acceptors (Lipinski definition) is 7. The molecule has 0 saturated heterocycles. The highest BCUT2D eigenvalue weighted by Crippen LogP contribution is 2.27. The third-order valence-corrected chi connectivity index (χ3v) is 6.27. The van der Waals surface area contributed by atoms with Crippen molar-refractivity contribution in [3.05, 3.63) is 65.7 Å². The number of benzene rings is 2.